The van der Waals surface area contributed by atoms with E-state index in [1.807, 2.05) is 0 Å². The normalized spacial score (nSPS) is 18.1. The van der Waals surface area contributed by atoms with E-state index in [4.69, 9.17) is 34.4 Å². The van der Waals surface area contributed by atoms with Crippen molar-refractivity contribution >= 4 is 17.3 Å². The van der Waals surface area contributed by atoms with Gasteiger partial charge < -0.3 is 34.4 Å². The van der Waals surface area contributed by atoms with Crippen LogP contribution in [0, 0.1) is 5.41 Å². The molecule has 0 amide bonds. The van der Waals surface area contributed by atoms with E-state index in [0.29, 0.717) is 6.42 Å². The third kappa shape index (κ3) is 3.94. The van der Waals surface area contributed by atoms with Gasteiger partial charge in [-0.3, -0.25) is 14.4 Å². The Bertz CT molecular complexity index is 360. The lowest BCUT2D eigenvalue weighted by Gasteiger charge is -2.45. The number of carbonyl (C=O) groups is 3. The minimum atomic E-state index is -1.46. The van der Waals surface area contributed by atoms with Gasteiger partial charge in [0, 0.05) is 5.41 Å². The molecule has 0 spiro atoms. The van der Waals surface area contributed by atoms with Crippen molar-refractivity contribution < 1.29 is 14.4 Å². The summed E-state index contributed by atoms with van der Waals surface area (Å²) < 4.78 is 0. The molecule has 0 saturated carbocycles. The lowest BCUT2D eigenvalue weighted by molar-refractivity contribution is -0.131. The summed E-state index contributed by atoms with van der Waals surface area (Å²) in [4.78, 5) is 36.1. The van der Waals surface area contributed by atoms with Gasteiger partial charge in [-0.25, -0.2) is 0 Å². The average Bonchev–Trinajstić information content (AvgIpc) is 2.55. The van der Waals surface area contributed by atoms with Crippen molar-refractivity contribution in [3.05, 3.63) is 0 Å². The van der Waals surface area contributed by atoms with Gasteiger partial charge in [-0.15, -0.1) is 0 Å². The molecule has 9 nitrogen and oxygen atoms in total. The van der Waals surface area contributed by atoms with Gasteiger partial charge in [-0.1, -0.05) is 13.3 Å². The highest BCUT2D eigenvalue weighted by Gasteiger charge is 2.52. The Balaban J connectivity index is 6.10. The van der Waals surface area contributed by atoms with Crippen molar-refractivity contribution in [2.75, 3.05) is 19.6 Å². The summed E-state index contributed by atoms with van der Waals surface area (Å²) in [6.45, 7) is 0.757. The largest absolute Gasteiger partial charge is 0.324 e. The molecule has 0 aliphatic carbocycles. The molecule has 0 radical (unpaired) electrons. The zero-order valence-corrected chi connectivity index (χ0v) is 13.0. The molecule has 0 rings (SSSR count). The molecule has 9 heteroatoms. The van der Waals surface area contributed by atoms with Gasteiger partial charge in [-0.2, -0.15) is 0 Å². The van der Waals surface area contributed by atoms with E-state index in [0.717, 1.165) is 0 Å². The number of rotatable bonds is 11. The topological polar surface area (TPSA) is 207 Å². The van der Waals surface area contributed by atoms with Gasteiger partial charge in [0.15, 0.2) is 17.3 Å². The fourth-order valence-corrected chi connectivity index (χ4v) is 2.76. The maximum absolute atomic E-state index is 12.0. The summed E-state index contributed by atoms with van der Waals surface area (Å²) in [6.07, 6.45) is 0.697. The molecule has 3 atom stereocenters. The maximum Gasteiger partial charge on any atom is 0.163 e. The van der Waals surface area contributed by atoms with Crippen molar-refractivity contribution in [1.82, 2.24) is 0 Å². The van der Waals surface area contributed by atoms with E-state index < -0.39 is 40.9 Å². The average molecular weight is 316 g/mol. The standard InChI is InChI=1S/C13H28N6O3/c1-2-3-13(10(17)7(20)4-14,11(18)8(21)5-15)12(19)9(22)6-16/h10-12H,2-6,14-19H2,1H3. The first-order valence-corrected chi connectivity index (χ1v) is 7.19. The number of nitrogens with two attached hydrogens (primary N) is 6. The zero-order valence-electron chi connectivity index (χ0n) is 13.0. The molecule has 12 N–H and O–H groups in total. The Morgan fingerprint density at radius 3 is 1.23 bits per heavy atom. The summed E-state index contributed by atoms with van der Waals surface area (Å²) in [6, 6.07) is -3.77. The molecule has 128 valence electrons. The van der Waals surface area contributed by atoms with Crippen LogP contribution in [0.25, 0.3) is 0 Å². The summed E-state index contributed by atoms with van der Waals surface area (Å²) in [7, 11) is 0. The molecule has 0 aromatic carbocycles. The van der Waals surface area contributed by atoms with E-state index in [1.54, 1.807) is 6.92 Å². The Hall–Kier alpha value is -1.23. The van der Waals surface area contributed by atoms with Gasteiger partial charge in [0.05, 0.1) is 37.8 Å². The van der Waals surface area contributed by atoms with Crippen LogP contribution in [-0.4, -0.2) is 55.1 Å². The predicted molar refractivity (Wildman–Crippen MR) is 83.5 cm³/mol. The number of hydrogen-bond acceptors (Lipinski definition) is 9. The molecule has 0 heterocycles. The minimum Gasteiger partial charge on any atom is -0.324 e. The van der Waals surface area contributed by atoms with Crippen LogP contribution in [0.5, 0.6) is 0 Å². The van der Waals surface area contributed by atoms with Crippen LogP contribution in [0.3, 0.4) is 0 Å². The molecule has 0 bridgehead atoms. The highest BCUT2D eigenvalue weighted by Crippen LogP contribution is 2.35. The molecular formula is C13H28N6O3. The van der Waals surface area contributed by atoms with E-state index >= 15 is 0 Å². The third-order valence-corrected chi connectivity index (χ3v) is 4.06. The fourth-order valence-electron chi connectivity index (χ4n) is 2.76. The summed E-state index contributed by atoms with van der Waals surface area (Å²) in [5, 5.41) is 0. The number of carbonyl (C=O) groups excluding carboxylic acids is 3. The van der Waals surface area contributed by atoms with Gasteiger partial charge in [-0.05, 0) is 6.42 Å². The van der Waals surface area contributed by atoms with Crippen molar-refractivity contribution in [2.45, 2.75) is 37.9 Å². The van der Waals surface area contributed by atoms with Gasteiger partial charge in [0.1, 0.15) is 0 Å². The number of ketones is 3. The van der Waals surface area contributed by atoms with Crippen LogP contribution >= 0.6 is 0 Å². The van der Waals surface area contributed by atoms with Crippen LogP contribution in [0.4, 0.5) is 0 Å². The van der Waals surface area contributed by atoms with Crippen LogP contribution in [0.15, 0.2) is 0 Å². The van der Waals surface area contributed by atoms with E-state index in [-0.39, 0.29) is 26.1 Å². The molecule has 0 aliphatic rings. The Labute approximate surface area is 130 Å². The van der Waals surface area contributed by atoms with Crippen molar-refractivity contribution in [2.24, 2.45) is 39.8 Å². The molecule has 0 aromatic heterocycles. The predicted octanol–water partition coefficient (Wildman–Crippen LogP) is -3.66. The maximum atomic E-state index is 12.0. The van der Waals surface area contributed by atoms with Crippen LogP contribution in [0.1, 0.15) is 19.8 Å². The van der Waals surface area contributed by atoms with Gasteiger partial charge in [0.2, 0.25) is 0 Å². The first-order valence-electron chi connectivity index (χ1n) is 7.19. The van der Waals surface area contributed by atoms with E-state index in [9.17, 15) is 14.4 Å². The summed E-state index contributed by atoms with van der Waals surface area (Å²) >= 11 is 0. The van der Waals surface area contributed by atoms with Crippen molar-refractivity contribution in [1.29, 1.82) is 0 Å². The second-order valence-corrected chi connectivity index (χ2v) is 5.31. The van der Waals surface area contributed by atoms with Crippen LogP contribution in [-0.2, 0) is 14.4 Å². The molecular weight excluding hydrogens is 288 g/mol. The minimum absolute atomic E-state index is 0.194. The van der Waals surface area contributed by atoms with E-state index in [2.05, 4.69) is 0 Å². The van der Waals surface area contributed by atoms with Crippen molar-refractivity contribution in [3.8, 4) is 0 Å². The molecule has 22 heavy (non-hydrogen) atoms. The Kier molecular flexibility index (Phi) is 8.53. The highest BCUT2D eigenvalue weighted by molar-refractivity contribution is 5.95. The first-order chi connectivity index (χ1) is 10.2. The van der Waals surface area contributed by atoms with Crippen LogP contribution in [0.2, 0.25) is 0 Å². The smallest absolute Gasteiger partial charge is 0.163 e. The SMILES string of the molecule is CCCC(C(N)C(=O)CN)(C(N)C(=O)CN)C(N)C(=O)CN. The third-order valence-electron chi connectivity index (χ3n) is 4.06. The quantitative estimate of drug-likeness (QED) is 0.221. The van der Waals surface area contributed by atoms with Gasteiger partial charge >= 0.3 is 0 Å². The zero-order chi connectivity index (χ0) is 17.5. The van der Waals surface area contributed by atoms with Crippen LogP contribution < -0.4 is 34.4 Å². The highest BCUT2D eigenvalue weighted by atomic mass is 16.1. The summed E-state index contributed by atoms with van der Waals surface area (Å²) in [5.74, 6) is -1.60. The Morgan fingerprint density at radius 2 is 1.05 bits per heavy atom. The second-order valence-electron chi connectivity index (χ2n) is 5.31. The lowest BCUT2D eigenvalue weighted by Crippen LogP contribution is -2.70. The monoisotopic (exact) mass is 316 g/mol. The molecule has 0 fully saturated rings. The molecule has 0 aliphatic heterocycles. The number of Topliss-reactive ketones (excluding diaryl/α,β-unsaturated/α-hetero) is 3. The molecule has 0 saturated heterocycles. The van der Waals surface area contributed by atoms with Crippen molar-refractivity contribution in [3.63, 3.8) is 0 Å². The molecule has 0 aromatic rings. The summed E-state index contributed by atoms with van der Waals surface area (Å²) in [5.41, 5.74) is 32.6. The van der Waals surface area contributed by atoms with Gasteiger partial charge in [0.25, 0.3) is 0 Å². The first kappa shape index (κ1) is 20.8. The number of hydrogen-bond donors (Lipinski definition) is 6. The lowest BCUT2D eigenvalue weighted by atomic mass is 9.63. The molecule has 3 unspecified atom stereocenters. The second kappa shape index (κ2) is 9.03. The van der Waals surface area contributed by atoms with E-state index in [1.165, 1.54) is 0 Å². The fraction of sp³-hybridized carbons (Fsp3) is 0.769. The Morgan fingerprint density at radius 1 is 0.773 bits per heavy atom.